The molecule has 1 amide bonds. The fourth-order valence-electron chi connectivity index (χ4n) is 2.12. The lowest BCUT2D eigenvalue weighted by atomic mass is 10.1. The predicted octanol–water partition coefficient (Wildman–Crippen LogP) is 2.50. The fourth-order valence-corrected chi connectivity index (χ4v) is 2.12. The first-order valence-corrected chi connectivity index (χ1v) is 6.08. The number of benzene rings is 1. The monoisotopic (exact) mass is 228 g/mol. The van der Waals surface area contributed by atoms with E-state index in [1.165, 1.54) is 11.1 Å². The predicted molar refractivity (Wildman–Crippen MR) is 67.6 cm³/mol. The van der Waals surface area contributed by atoms with Gasteiger partial charge in [0.05, 0.1) is 0 Å². The average Bonchev–Trinajstić information content (AvgIpc) is 3.08. The van der Waals surface area contributed by atoms with Crippen LogP contribution in [0.3, 0.4) is 0 Å². The summed E-state index contributed by atoms with van der Waals surface area (Å²) in [6, 6.07) is 8.39. The Kier molecular flexibility index (Phi) is 2.39. The number of aromatic amines is 1. The summed E-state index contributed by atoms with van der Waals surface area (Å²) in [5.41, 5.74) is 3.48. The molecule has 17 heavy (non-hydrogen) atoms. The Morgan fingerprint density at radius 2 is 2.24 bits per heavy atom. The maximum atomic E-state index is 11.5. The number of rotatable bonds is 3. The highest BCUT2D eigenvalue weighted by atomic mass is 16.2. The van der Waals surface area contributed by atoms with E-state index in [0.717, 1.165) is 23.9 Å². The van der Waals surface area contributed by atoms with Crippen molar-refractivity contribution in [3.05, 3.63) is 35.5 Å². The van der Waals surface area contributed by atoms with Crippen LogP contribution in [0.25, 0.3) is 10.9 Å². The normalized spacial score (nSPS) is 15.1. The van der Waals surface area contributed by atoms with E-state index in [0.29, 0.717) is 6.54 Å². The van der Waals surface area contributed by atoms with Crippen molar-refractivity contribution in [2.75, 3.05) is 0 Å². The van der Waals surface area contributed by atoms with Gasteiger partial charge in [0, 0.05) is 23.7 Å². The molecule has 1 aliphatic rings. The first-order valence-electron chi connectivity index (χ1n) is 6.08. The molecule has 0 spiro atoms. The number of fused-ring (bicyclic) bond motifs is 1. The van der Waals surface area contributed by atoms with E-state index < -0.39 is 0 Å². The Morgan fingerprint density at radius 1 is 1.41 bits per heavy atom. The van der Waals surface area contributed by atoms with Crippen LogP contribution >= 0.6 is 0 Å². The molecule has 1 aliphatic carbocycles. The second-order valence-corrected chi connectivity index (χ2v) is 4.87. The SMILES string of the molecule is Cc1cc2cc(CNC(=O)C3CC3)ccc2[nH]1. The average molecular weight is 228 g/mol. The van der Waals surface area contributed by atoms with Crippen molar-refractivity contribution in [2.45, 2.75) is 26.3 Å². The highest BCUT2D eigenvalue weighted by Gasteiger charge is 2.29. The van der Waals surface area contributed by atoms with Gasteiger partial charge in [0.15, 0.2) is 0 Å². The van der Waals surface area contributed by atoms with Gasteiger partial charge in [-0.2, -0.15) is 0 Å². The number of amides is 1. The molecule has 3 rings (SSSR count). The van der Waals surface area contributed by atoms with Crippen molar-refractivity contribution < 1.29 is 4.79 Å². The summed E-state index contributed by atoms with van der Waals surface area (Å²) in [5.74, 6) is 0.489. The standard InChI is InChI=1S/C14H16N2O/c1-9-6-12-7-10(2-5-13(12)16-9)8-15-14(17)11-3-4-11/h2,5-7,11,16H,3-4,8H2,1H3,(H,15,17). The van der Waals surface area contributed by atoms with E-state index in [2.05, 4.69) is 41.5 Å². The summed E-state index contributed by atoms with van der Waals surface area (Å²) in [5, 5.41) is 4.19. The van der Waals surface area contributed by atoms with Crippen molar-refractivity contribution in [2.24, 2.45) is 5.92 Å². The van der Waals surface area contributed by atoms with Gasteiger partial charge < -0.3 is 10.3 Å². The van der Waals surface area contributed by atoms with E-state index in [1.807, 2.05) is 0 Å². The van der Waals surface area contributed by atoms with Crippen LogP contribution in [0, 0.1) is 12.8 Å². The molecule has 0 bridgehead atoms. The molecule has 0 atom stereocenters. The van der Waals surface area contributed by atoms with Crippen LogP contribution in [0.2, 0.25) is 0 Å². The Hall–Kier alpha value is -1.77. The minimum absolute atomic E-state index is 0.204. The molecule has 1 aromatic heterocycles. The Labute approximate surface area is 100 Å². The molecule has 0 saturated heterocycles. The first-order chi connectivity index (χ1) is 8.22. The maximum absolute atomic E-state index is 11.5. The Morgan fingerprint density at radius 3 is 3.00 bits per heavy atom. The summed E-state index contributed by atoms with van der Waals surface area (Å²) < 4.78 is 0. The number of aryl methyl sites for hydroxylation is 1. The third kappa shape index (κ3) is 2.18. The van der Waals surface area contributed by atoms with Gasteiger partial charge in [-0.05, 0) is 48.9 Å². The van der Waals surface area contributed by atoms with Crippen LogP contribution in [-0.4, -0.2) is 10.9 Å². The molecule has 1 saturated carbocycles. The lowest BCUT2D eigenvalue weighted by Crippen LogP contribution is -2.24. The molecule has 0 aliphatic heterocycles. The summed E-state index contributed by atoms with van der Waals surface area (Å²) in [6.45, 7) is 2.68. The van der Waals surface area contributed by atoms with Crippen LogP contribution in [0.4, 0.5) is 0 Å². The highest BCUT2D eigenvalue weighted by molar-refractivity contribution is 5.82. The number of carbonyl (C=O) groups is 1. The fraction of sp³-hybridized carbons (Fsp3) is 0.357. The van der Waals surface area contributed by atoms with Crippen molar-refractivity contribution in [1.29, 1.82) is 0 Å². The smallest absolute Gasteiger partial charge is 0.223 e. The van der Waals surface area contributed by atoms with Crippen LogP contribution in [-0.2, 0) is 11.3 Å². The zero-order valence-corrected chi connectivity index (χ0v) is 9.92. The van der Waals surface area contributed by atoms with Crippen molar-refractivity contribution in [1.82, 2.24) is 10.3 Å². The number of aromatic nitrogens is 1. The third-order valence-electron chi connectivity index (χ3n) is 3.23. The van der Waals surface area contributed by atoms with Gasteiger partial charge in [-0.15, -0.1) is 0 Å². The van der Waals surface area contributed by atoms with E-state index in [-0.39, 0.29) is 11.8 Å². The minimum Gasteiger partial charge on any atom is -0.359 e. The van der Waals surface area contributed by atoms with Gasteiger partial charge in [-0.25, -0.2) is 0 Å². The maximum Gasteiger partial charge on any atom is 0.223 e. The zero-order valence-electron chi connectivity index (χ0n) is 9.92. The van der Waals surface area contributed by atoms with Crippen LogP contribution < -0.4 is 5.32 Å². The molecule has 3 nitrogen and oxygen atoms in total. The molecule has 2 N–H and O–H groups in total. The third-order valence-corrected chi connectivity index (χ3v) is 3.23. The van der Waals surface area contributed by atoms with E-state index >= 15 is 0 Å². The Bertz CT molecular complexity index is 567. The van der Waals surface area contributed by atoms with Crippen LogP contribution in [0.1, 0.15) is 24.1 Å². The number of carbonyl (C=O) groups excluding carboxylic acids is 1. The Balaban J connectivity index is 1.73. The molecule has 1 aromatic carbocycles. The first kappa shape index (κ1) is 10.4. The van der Waals surface area contributed by atoms with Gasteiger partial charge in [0.1, 0.15) is 0 Å². The minimum atomic E-state index is 0.204. The number of hydrogen-bond acceptors (Lipinski definition) is 1. The number of hydrogen-bond donors (Lipinski definition) is 2. The molecule has 3 heteroatoms. The summed E-state index contributed by atoms with van der Waals surface area (Å²) in [6.07, 6.45) is 2.11. The molecule has 1 heterocycles. The van der Waals surface area contributed by atoms with Crippen LogP contribution in [0.15, 0.2) is 24.3 Å². The largest absolute Gasteiger partial charge is 0.359 e. The van der Waals surface area contributed by atoms with Gasteiger partial charge in [0.2, 0.25) is 5.91 Å². The van der Waals surface area contributed by atoms with Gasteiger partial charge in [-0.3, -0.25) is 4.79 Å². The lowest BCUT2D eigenvalue weighted by Gasteiger charge is -2.04. The highest BCUT2D eigenvalue weighted by Crippen LogP contribution is 2.28. The number of nitrogens with one attached hydrogen (secondary N) is 2. The molecule has 0 radical (unpaired) electrons. The summed E-state index contributed by atoms with van der Waals surface area (Å²) in [7, 11) is 0. The van der Waals surface area contributed by atoms with Gasteiger partial charge in [0.25, 0.3) is 0 Å². The lowest BCUT2D eigenvalue weighted by molar-refractivity contribution is -0.122. The van der Waals surface area contributed by atoms with Gasteiger partial charge >= 0.3 is 0 Å². The van der Waals surface area contributed by atoms with E-state index in [4.69, 9.17) is 0 Å². The van der Waals surface area contributed by atoms with E-state index in [1.54, 1.807) is 0 Å². The topological polar surface area (TPSA) is 44.9 Å². The van der Waals surface area contributed by atoms with Crippen molar-refractivity contribution >= 4 is 16.8 Å². The molecule has 88 valence electrons. The molecule has 1 fully saturated rings. The second-order valence-electron chi connectivity index (χ2n) is 4.87. The summed E-state index contributed by atoms with van der Waals surface area (Å²) >= 11 is 0. The van der Waals surface area contributed by atoms with E-state index in [9.17, 15) is 4.79 Å². The van der Waals surface area contributed by atoms with Crippen molar-refractivity contribution in [3.63, 3.8) is 0 Å². The summed E-state index contributed by atoms with van der Waals surface area (Å²) in [4.78, 5) is 14.8. The molecular formula is C14H16N2O. The second kappa shape index (κ2) is 3.91. The molecule has 0 unspecified atom stereocenters. The van der Waals surface area contributed by atoms with Crippen LogP contribution in [0.5, 0.6) is 0 Å². The zero-order chi connectivity index (χ0) is 11.8. The quantitative estimate of drug-likeness (QED) is 0.833. The molecular weight excluding hydrogens is 212 g/mol. The van der Waals surface area contributed by atoms with Gasteiger partial charge in [-0.1, -0.05) is 6.07 Å². The van der Waals surface area contributed by atoms with Crippen molar-refractivity contribution in [3.8, 4) is 0 Å². The number of H-pyrrole nitrogens is 1. The molecule has 2 aromatic rings.